The minimum atomic E-state index is -0.655. The van der Waals surface area contributed by atoms with Crippen molar-refractivity contribution in [2.45, 2.75) is 37.7 Å². The van der Waals surface area contributed by atoms with Crippen molar-refractivity contribution < 1.29 is 14.9 Å². The van der Waals surface area contributed by atoms with Gasteiger partial charge in [-0.15, -0.1) is 0 Å². The van der Waals surface area contributed by atoms with Crippen LogP contribution in [0.15, 0.2) is 17.3 Å². The Bertz CT molecular complexity index is 410. The van der Waals surface area contributed by atoms with Crippen molar-refractivity contribution in [2.24, 2.45) is 4.99 Å². The summed E-state index contributed by atoms with van der Waals surface area (Å²) >= 11 is 0. The Morgan fingerprint density at radius 3 is 3.05 bits per heavy atom. The number of likely N-dealkylation sites (tertiary alicyclic amines) is 1. The molecule has 0 radical (unpaired) electrons. The summed E-state index contributed by atoms with van der Waals surface area (Å²) in [5.74, 6) is 1.12. The molecule has 0 aromatic rings. The largest absolute Gasteiger partial charge is 0.394 e. The van der Waals surface area contributed by atoms with Crippen molar-refractivity contribution in [3.8, 4) is 0 Å². The van der Waals surface area contributed by atoms with Gasteiger partial charge < -0.3 is 25.2 Å². The highest BCUT2D eigenvalue weighted by Crippen LogP contribution is 2.18. The predicted molar refractivity (Wildman–Crippen MR) is 75.7 cm³/mol. The molecule has 7 heteroatoms. The average molecular weight is 282 g/mol. The molecule has 2 heterocycles. The lowest BCUT2D eigenvalue weighted by Crippen LogP contribution is -2.26. The summed E-state index contributed by atoms with van der Waals surface area (Å²) in [6.45, 7) is 0.795. The first-order chi connectivity index (χ1) is 9.60. The number of nitrogens with zero attached hydrogens (tertiary/aromatic N) is 2. The quantitative estimate of drug-likeness (QED) is 0.417. The van der Waals surface area contributed by atoms with Gasteiger partial charge in [-0.05, 0) is 12.5 Å². The number of hydrogen-bond acceptors (Lipinski definition) is 5. The van der Waals surface area contributed by atoms with E-state index in [1.807, 2.05) is 7.05 Å². The van der Waals surface area contributed by atoms with Gasteiger partial charge in [0.2, 0.25) is 0 Å². The number of aliphatic hydroxyl groups is 2. The van der Waals surface area contributed by atoms with Gasteiger partial charge in [-0.3, -0.25) is 5.41 Å². The summed E-state index contributed by atoms with van der Waals surface area (Å²) in [4.78, 5) is 6.29. The van der Waals surface area contributed by atoms with Crippen LogP contribution in [0.2, 0.25) is 0 Å². The maximum atomic E-state index is 9.57. The van der Waals surface area contributed by atoms with E-state index in [1.165, 1.54) is 0 Å². The van der Waals surface area contributed by atoms with E-state index in [-0.39, 0.29) is 18.7 Å². The van der Waals surface area contributed by atoms with Gasteiger partial charge >= 0.3 is 0 Å². The van der Waals surface area contributed by atoms with Crippen molar-refractivity contribution in [1.82, 2.24) is 10.2 Å². The third-order valence-corrected chi connectivity index (χ3v) is 3.51. The Balaban J connectivity index is 1.78. The number of aliphatic imine (C=N–C) groups is 1. The highest BCUT2D eigenvalue weighted by atomic mass is 16.5. The number of rotatable bonds is 4. The van der Waals surface area contributed by atoms with Crippen LogP contribution in [0.25, 0.3) is 0 Å². The second-order valence-corrected chi connectivity index (χ2v) is 5.09. The fourth-order valence-corrected chi connectivity index (χ4v) is 2.35. The highest BCUT2D eigenvalue weighted by Gasteiger charge is 2.32. The van der Waals surface area contributed by atoms with Gasteiger partial charge in [-0.2, -0.15) is 0 Å². The molecule has 20 heavy (non-hydrogen) atoms. The minimum absolute atomic E-state index is 0.179. The van der Waals surface area contributed by atoms with E-state index < -0.39 is 12.2 Å². The number of hydrogen-bond donors (Lipinski definition) is 4. The molecule has 1 unspecified atom stereocenters. The van der Waals surface area contributed by atoms with Crippen LogP contribution in [-0.2, 0) is 4.74 Å². The molecule has 4 N–H and O–H groups in total. The Hall–Kier alpha value is -1.44. The second-order valence-electron chi connectivity index (χ2n) is 5.09. The lowest BCUT2D eigenvalue weighted by atomic mass is 10.2. The lowest BCUT2D eigenvalue weighted by molar-refractivity contribution is -0.0270. The van der Waals surface area contributed by atoms with E-state index in [0.717, 1.165) is 25.2 Å². The maximum Gasteiger partial charge on any atom is 0.147 e. The van der Waals surface area contributed by atoms with E-state index in [1.54, 1.807) is 12.3 Å². The summed E-state index contributed by atoms with van der Waals surface area (Å²) < 4.78 is 5.38. The summed E-state index contributed by atoms with van der Waals surface area (Å²) in [6, 6.07) is 0. The van der Waals surface area contributed by atoms with Crippen LogP contribution < -0.4 is 5.32 Å². The van der Waals surface area contributed by atoms with Crippen LogP contribution in [0.3, 0.4) is 0 Å². The van der Waals surface area contributed by atoms with Crippen molar-refractivity contribution >= 4 is 11.7 Å². The van der Waals surface area contributed by atoms with Crippen LogP contribution >= 0.6 is 0 Å². The summed E-state index contributed by atoms with van der Waals surface area (Å²) in [7, 11) is 1.98. The number of amidine groups is 2. The average Bonchev–Trinajstić information content (AvgIpc) is 2.96. The number of ether oxygens (including phenoxy) is 1. The van der Waals surface area contributed by atoms with Crippen molar-refractivity contribution in [1.29, 1.82) is 5.41 Å². The van der Waals surface area contributed by atoms with Crippen LogP contribution in [0, 0.1) is 5.41 Å². The van der Waals surface area contributed by atoms with Gasteiger partial charge in [0, 0.05) is 32.6 Å². The van der Waals surface area contributed by atoms with E-state index in [4.69, 9.17) is 15.3 Å². The van der Waals surface area contributed by atoms with Gasteiger partial charge in [0.1, 0.15) is 24.0 Å². The molecule has 2 aliphatic heterocycles. The fourth-order valence-electron chi connectivity index (χ4n) is 2.35. The van der Waals surface area contributed by atoms with Gasteiger partial charge in [-0.25, -0.2) is 4.99 Å². The first-order valence-corrected chi connectivity index (χ1v) is 6.84. The number of nitrogens with one attached hydrogen (secondary N) is 2. The maximum absolute atomic E-state index is 9.57. The monoisotopic (exact) mass is 282 g/mol. The Kier molecular flexibility index (Phi) is 5.11. The van der Waals surface area contributed by atoms with Gasteiger partial charge in [0.05, 0.1) is 12.7 Å². The molecule has 0 spiro atoms. The van der Waals surface area contributed by atoms with E-state index >= 15 is 0 Å². The SMILES string of the molecule is CN1CCCC1=NC(=N)/C=C\N[C@H]1CC(O)[C@@H](CO)O1. The highest BCUT2D eigenvalue weighted by molar-refractivity contribution is 6.01. The van der Waals surface area contributed by atoms with Crippen molar-refractivity contribution in [2.75, 3.05) is 20.2 Å². The van der Waals surface area contributed by atoms with Crippen LogP contribution in [-0.4, -0.2) is 65.4 Å². The van der Waals surface area contributed by atoms with E-state index in [9.17, 15) is 5.11 Å². The molecule has 2 fully saturated rings. The normalized spacial score (nSPS) is 32.5. The third-order valence-electron chi connectivity index (χ3n) is 3.51. The van der Waals surface area contributed by atoms with Gasteiger partial charge in [0.15, 0.2) is 0 Å². The zero-order chi connectivity index (χ0) is 14.5. The molecule has 0 aromatic carbocycles. The molecule has 7 nitrogen and oxygen atoms in total. The predicted octanol–water partition coefficient (Wildman–Crippen LogP) is -0.341. The standard InChI is InChI=1S/C13H22N4O3/c1-17-6-2-3-12(17)16-11(14)4-5-15-13-7-9(19)10(8-18)20-13/h4-5,9-10,13-15,18-19H,2-3,6-8H2,1H3/b5-4-,14-11?,16-12?/t9?,10-,13-/m1/s1. The summed E-state index contributed by atoms with van der Waals surface area (Å²) in [5, 5.41) is 29.2. The molecular weight excluding hydrogens is 260 g/mol. The van der Waals surface area contributed by atoms with Crippen LogP contribution in [0.5, 0.6) is 0 Å². The lowest BCUT2D eigenvalue weighted by Gasteiger charge is -2.12. The zero-order valence-electron chi connectivity index (χ0n) is 11.6. The molecule has 0 amide bonds. The second kappa shape index (κ2) is 6.83. The smallest absolute Gasteiger partial charge is 0.147 e. The number of aliphatic hydroxyl groups excluding tert-OH is 2. The minimum Gasteiger partial charge on any atom is -0.394 e. The van der Waals surface area contributed by atoms with Gasteiger partial charge in [-0.1, -0.05) is 0 Å². The molecule has 2 saturated heterocycles. The Morgan fingerprint density at radius 2 is 2.45 bits per heavy atom. The zero-order valence-corrected chi connectivity index (χ0v) is 11.6. The van der Waals surface area contributed by atoms with Gasteiger partial charge in [0.25, 0.3) is 0 Å². The third kappa shape index (κ3) is 3.78. The Morgan fingerprint density at radius 1 is 1.65 bits per heavy atom. The Labute approximate surface area is 118 Å². The van der Waals surface area contributed by atoms with E-state index in [0.29, 0.717) is 6.42 Å². The van der Waals surface area contributed by atoms with E-state index in [2.05, 4.69) is 15.2 Å². The summed E-state index contributed by atoms with van der Waals surface area (Å²) in [5.41, 5.74) is 0. The van der Waals surface area contributed by atoms with Crippen LogP contribution in [0.4, 0.5) is 0 Å². The molecule has 3 atom stereocenters. The van der Waals surface area contributed by atoms with Crippen molar-refractivity contribution in [3.63, 3.8) is 0 Å². The molecular formula is C13H22N4O3. The van der Waals surface area contributed by atoms with Crippen molar-refractivity contribution in [3.05, 3.63) is 12.3 Å². The topological polar surface area (TPSA) is 101 Å². The fraction of sp³-hybridized carbons (Fsp3) is 0.692. The molecule has 0 bridgehead atoms. The van der Waals surface area contributed by atoms with Crippen LogP contribution in [0.1, 0.15) is 19.3 Å². The molecule has 2 aliphatic rings. The molecule has 112 valence electrons. The molecule has 0 aromatic heterocycles. The molecule has 2 rings (SSSR count). The first-order valence-electron chi connectivity index (χ1n) is 6.84. The summed E-state index contributed by atoms with van der Waals surface area (Å²) in [6.07, 6.45) is 4.04. The first kappa shape index (κ1) is 15.0. The molecule has 0 saturated carbocycles. The molecule has 0 aliphatic carbocycles.